The molecule has 3 aromatic rings. The molecule has 2 aliphatic rings. The van der Waals surface area contributed by atoms with Gasteiger partial charge in [-0.15, -0.1) is 0 Å². The predicted octanol–water partition coefficient (Wildman–Crippen LogP) is 6.68. The van der Waals surface area contributed by atoms with Crippen LogP contribution in [-0.4, -0.2) is 65.0 Å². The maximum absolute atomic E-state index is 14.1. The van der Waals surface area contributed by atoms with Crippen molar-refractivity contribution in [3.8, 4) is 0 Å². The molecule has 2 saturated heterocycles. The Morgan fingerprint density at radius 2 is 1.67 bits per heavy atom. The van der Waals surface area contributed by atoms with Crippen molar-refractivity contribution >= 4 is 0 Å². The number of halogens is 7. The maximum Gasteiger partial charge on any atom is 0.416 e. The van der Waals surface area contributed by atoms with Crippen molar-refractivity contribution in [2.45, 2.75) is 69.7 Å². The molecule has 2 aliphatic heterocycles. The molecular formula is C31H36F7N5O3. The minimum Gasteiger partial charge on any atom is -0.375 e. The molecular weight excluding hydrogens is 623 g/mol. The van der Waals surface area contributed by atoms with E-state index < -0.39 is 41.1 Å². The average Bonchev–Trinajstić information content (AvgIpc) is 3.39. The van der Waals surface area contributed by atoms with E-state index in [1.54, 1.807) is 4.68 Å². The molecule has 3 atom stereocenters. The molecule has 15 heteroatoms. The Bertz CT molecular complexity index is 1440. The molecule has 0 N–H and O–H groups in total. The van der Waals surface area contributed by atoms with Crippen LogP contribution in [0.15, 0.2) is 42.5 Å². The summed E-state index contributed by atoms with van der Waals surface area (Å²) in [6, 6.07) is 6.68. The fourth-order valence-corrected chi connectivity index (χ4v) is 5.77. The van der Waals surface area contributed by atoms with Gasteiger partial charge < -0.3 is 19.1 Å². The Hall–Kier alpha value is -3.11. The lowest BCUT2D eigenvalue weighted by Crippen LogP contribution is -2.56. The molecule has 5 rings (SSSR count). The van der Waals surface area contributed by atoms with Crippen LogP contribution in [0.5, 0.6) is 0 Å². The van der Waals surface area contributed by atoms with Gasteiger partial charge >= 0.3 is 12.4 Å². The van der Waals surface area contributed by atoms with E-state index >= 15 is 0 Å². The highest BCUT2D eigenvalue weighted by Gasteiger charge is 2.46. The van der Waals surface area contributed by atoms with Gasteiger partial charge in [0.05, 0.1) is 43.5 Å². The third-order valence-corrected chi connectivity index (χ3v) is 8.02. The number of rotatable bonds is 9. The molecule has 2 aromatic carbocycles. The van der Waals surface area contributed by atoms with E-state index in [1.807, 2.05) is 23.9 Å². The van der Waals surface area contributed by atoms with Crippen LogP contribution in [0.2, 0.25) is 0 Å². The monoisotopic (exact) mass is 659 g/mol. The average molecular weight is 660 g/mol. The predicted molar refractivity (Wildman–Crippen MR) is 152 cm³/mol. The highest BCUT2D eigenvalue weighted by Crippen LogP contribution is 2.42. The second-order valence-electron chi connectivity index (χ2n) is 11.8. The van der Waals surface area contributed by atoms with Crippen LogP contribution >= 0.6 is 0 Å². The summed E-state index contributed by atoms with van der Waals surface area (Å²) in [7, 11) is 3.80. The fraction of sp³-hybridized carbons (Fsp3) is 0.548. The first kappa shape index (κ1) is 34.2. The summed E-state index contributed by atoms with van der Waals surface area (Å²) in [5, 5.41) is 4.77. The summed E-state index contributed by atoms with van der Waals surface area (Å²) in [5.41, 5.74) is -4.39. The SMILES string of the molecule is C[C@@H](O[C@@]1(c2ccc(F)cc2)COCCN1Cc1nc(CN(C)C)n(C2CCCCO2)n1)c1cc(C(F)(F)F)cc(C(F)(F)F)c1. The number of alkyl halides is 6. The molecule has 0 amide bonds. The van der Waals surface area contributed by atoms with E-state index in [0.717, 1.165) is 19.3 Å². The Morgan fingerprint density at radius 3 is 2.26 bits per heavy atom. The van der Waals surface area contributed by atoms with Crippen LogP contribution in [0, 0.1) is 5.82 Å². The quantitative estimate of drug-likeness (QED) is 0.238. The van der Waals surface area contributed by atoms with Crippen LogP contribution in [-0.2, 0) is 45.4 Å². The largest absolute Gasteiger partial charge is 0.416 e. The number of hydrogen-bond donors (Lipinski definition) is 0. The minimum absolute atomic E-state index is 0.0747. The van der Waals surface area contributed by atoms with Gasteiger partial charge in [-0.05, 0) is 76.2 Å². The summed E-state index contributed by atoms with van der Waals surface area (Å²) in [4.78, 5) is 8.55. The molecule has 1 aromatic heterocycles. The molecule has 46 heavy (non-hydrogen) atoms. The molecule has 0 spiro atoms. The highest BCUT2D eigenvalue weighted by molar-refractivity contribution is 5.35. The molecule has 0 saturated carbocycles. The standard InChI is InChI=1S/C31H36F7N5O3/c1-20(21-14-23(30(33,34)35)16-24(15-21)31(36,37)38)46-29(22-7-9-25(32)10-8-22)19-44-13-11-42(29)17-26-39-27(18-41(2)3)43(40-26)28-6-4-5-12-45-28/h7-10,14-16,20,28H,4-6,11-13,17-19H2,1-3H3/t20-,28?,29-/m1/s1. The van der Waals surface area contributed by atoms with Gasteiger partial charge in [-0.2, -0.15) is 31.4 Å². The lowest BCUT2D eigenvalue weighted by Gasteiger charge is -2.47. The number of ether oxygens (including phenoxy) is 3. The summed E-state index contributed by atoms with van der Waals surface area (Å²) < 4.78 is 116. The van der Waals surface area contributed by atoms with E-state index in [2.05, 4.69) is 0 Å². The van der Waals surface area contributed by atoms with Gasteiger partial charge in [0.1, 0.15) is 11.6 Å². The van der Waals surface area contributed by atoms with Crippen LogP contribution < -0.4 is 0 Å². The first-order chi connectivity index (χ1) is 21.7. The van der Waals surface area contributed by atoms with Gasteiger partial charge in [-0.1, -0.05) is 12.1 Å². The number of hydrogen-bond acceptors (Lipinski definition) is 7. The molecule has 1 unspecified atom stereocenters. The summed E-state index contributed by atoms with van der Waals surface area (Å²) in [6.45, 7) is 2.88. The van der Waals surface area contributed by atoms with Crippen LogP contribution in [0.1, 0.15) is 72.4 Å². The molecule has 0 bridgehead atoms. The Morgan fingerprint density at radius 1 is 1.00 bits per heavy atom. The number of benzene rings is 2. The van der Waals surface area contributed by atoms with E-state index in [-0.39, 0.29) is 44.2 Å². The minimum atomic E-state index is -5.03. The number of morpholine rings is 1. The lowest BCUT2D eigenvalue weighted by molar-refractivity contribution is -0.252. The summed E-state index contributed by atoms with van der Waals surface area (Å²) in [5.74, 6) is 0.545. The Balaban J connectivity index is 1.54. The number of nitrogens with zero attached hydrogens (tertiary/aromatic N) is 5. The Labute approximate surface area is 262 Å². The van der Waals surface area contributed by atoms with Crippen LogP contribution in [0.4, 0.5) is 30.7 Å². The van der Waals surface area contributed by atoms with E-state index in [0.29, 0.717) is 42.5 Å². The van der Waals surface area contributed by atoms with Crippen molar-refractivity contribution in [3.05, 3.63) is 82.2 Å². The zero-order valence-corrected chi connectivity index (χ0v) is 25.7. The summed E-state index contributed by atoms with van der Waals surface area (Å²) in [6.07, 6.45) is -8.96. The first-order valence-electron chi connectivity index (χ1n) is 14.9. The van der Waals surface area contributed by atoms with Crippen molar-refractivity contribution in [2.24, 2.45) is 0 Å². The third-order valence-electron chi connectivity index (χ3n) is 8.02. The molecule has 8 nitrogen and oxygen atoms in total. The van der Waals surface area contributed by atoms with Crippen LogP contribution in [0.3, 0.4) is 0 Å². The van der Waals surface area contributed by atoms with Crippen molar-refractivity contribution in [1.82, 2.24) is 24.6 Å². The highest BCUT2D eigenvalue weighted by atomic mass is 19.4. The topological polar surface area (TPSA) is 64.9 Å². The van der Waals surface area contributed by atoms with Crippen molar-refractivity contribution in [3.63, 3.8) is 0 Å². The molecule has 0 radical (unpaired) electrons. The van der Waals surface area contributed by atoms with E-state index in [1.165, 1.54) is 31.2 Å². The first-order valence-corrected chi connectivity index (χ1v) is 14.9. The normalized spacial score (nSPS) is 22.4. The van der Waals surface area contributed by atoms with Gasteiger partial charge in [0.25, 0.3) is 0 Å². The summed E-state index contributed by atoms with van der Waals surface area (Å²) >= 11 is 0. The zero-order valence-electron chi connectivity index (χ0n) is 25.7. The van der Waals surface area contributed by atoms with Crippen molar-refractivity contribution in [2.75, 3.05) is 40.5 Å². The molecule has 2 fully saturated rings. The molecule has 3 heterocycles. The molecule has 252 valence electrons. The second kappa shape index (κ2) is 13.6. The Kier molecular flexibility index (Phi) is 10.1. The van der Waals surface area contributed by atoms with Gasteiger partial charge in [0.15, 0.2) is 17.8 Å². The van der Waals surface area contributed by atoms with Gasteiger partial charge in [-0.3, -0.25) is 4.90 Å². The van der Waals surface area contributed by atoms with E-state index in [9.17, 15) is 30.7 Å². The van der Waals surface area contributed by atoms with Gasteiger partial charge in [0, 0.05) is 18.7 Å². The van der Waals surface area contributed by atoms with Crippen LogP contribution in [0.25, 0.3) is 0 Å². The fourth-order valence-electron chi connectivity index (χ4n) is 5.77. The number of aromatic nitrogens is 3. The smallest absolute Gasteiger partial charge is 0.375 e. The van der Waals surface area contributed by atoms with E-state index in [4.69, 9.17) is 24.3 Å². The van der Waals surface area contributed by atoms with Gasteiger partial charge in [-0.25, -0.2) is 14.1 Å². The van der Waals surface area contributed by atoms with Gasteiger partial charge in [0.2, 0.25) is 0 Å². The zero-order chi connectivity index (χ0) is 33.3. The third kappa shape index (κ3) is 7.71. The lowest BCUT2D eigenvalue weighted by atomic mass is 9.97. The van der Waals surface area contributed by atoms with Crippen molar-refractivity contribution < 1.29 is 44.9 Å². The maximum atomic E-state index is 14.1. The molecule has 0 aliphatic carbocycles. The second-order valence-corrected chi connectivity index (χ2v) is 11.8. The van der Waals surface area contributed by atoms with Crippen molar-refractivity contribution in [1.29, 1.82) is 0 Å².